The van der Waals surface area contributed by atoms with E-state index >= 15 is 0 Å². The monoisotopic (exact) mass is 136 g/mol. The summed E-state index contributed by atoms with van der Waals surface area (Å²) in [6.45, 7) is 1.92. The van der Waals surface area contributed by atoms with E-state index in [-0.39, 0.29) is 11.9 Å². The Morgan fingerprint density at radius 2 is 2.50 bits per heavy atom. The van der Waals surface area contributed by atoms with Gasteiger partial charge in [0.1, 0.15) is 5.60 Å². The standard InChI is InChI=1S/C5H9ClO2/c1-5(3-6)4(7-2)8-5/h4H,3H2,1-2H3/t4-,5+/m1/s1. The van der Waals surface area contributed by atoms with E-state index in [1.165, 1.54) is 0 Å². The molecule has 0 radical (unpaired) electrons. The molecule has 1 aliphatic rings. The third kappa shape index (κ3) is 0.835. The van der Waals surface area contributed by atoms with E-state index in [1.54, 1.807) is 7.11 Å². The Morgan fingerprint density at radius 3 is 2.62 bits per heavy atom. The summed E-state index contributed by atoms with van der Waals surface area (Å²) in [4.78, 5) is 0. The van der Waals surface area contributed by atoms with Gasteiger partial charge in [0.15, 0.2) is 6.29 Å². The Balaban J connectivity index is 2.31. The van der Waals surface area contributed by atoms with Gasteiger partial charge >= 0.3 is 0 Å². The number of methoxy groups -OCH3 is 1. The molecule has 0 aromatic carbocycles. The van der Waals surface area contributed by atoms with Gasteiger partial charge < -0.3 is 9.47 Å². The van der Waals surface area contributed by atoms with Gasteiger partial charge in [0.05, 0.1) is 5.88 Å². The third-order valence-corrected chi connectivity index (χ3v) is 1.83. The van der Waals surface area contributed by atoms with E-state index in [9.17, 15) is 0 Å². The molecule has 0 N–H and O–H groups in total. The van der Waals surface area contributed by atoms with Crippen LogP contribution in [-0.4, -0.2) is 24.9 Å². The third-order valence-electron chi connectivity index (χ3n) is 1.30. The highest BCUT2D eigenvalue weighted by Gasteiger charge is 2.52. The first-order valence-electron chi connectivity index (χ1n) is 2.49. The minimum atomic E-state index is -0.198. The van der Waals surface area contributed by atoms with Gasteiger partial charge in [0.25, 0.3) is 0 Å². The highest BCUT2D eigenvalue weighted by atomic mass is 35.5. The molecule has 0 saturated carbocycles. The Morgan fingerprint density at radius 1 is 1.88 bits per heavy atom. The van der Waals surface area contributed by atoms with Crippen LogP contribution in [0, 0.1) is 0 Å². The van der Waals surface area contributed by atoms with Crippen LogP contribution in [-0.2, 0) is 9.47 Å². The largest absolute Gasteiger partial charge is 0.353 e. The van der Waals surface area contributed by atoms with Crippen molar-refractivity contribution in [3.05, 3.63) is 0 Å². The van der Waals surface area contributed by atoms with Gasteiger partial charge in [-0.15, -0.1) is 11.6 Å². The van der Waals surface area contributed by atoms with Gasteiger partial charge in [0, 0.05) is 7.11 Å². The van der Waals surface area contributed by atoms with Crippen LogP contribution in [0.3, 0.4) is 0 Å². The molecule has 1 fully saturated rings. The Hall–Kier alpha value is 0.210. The summed E-state index contributed by atoms with van der Waals surface area (Å²) in [5, 5.41) is 0. The molecule has 0 aromatic heterocycles. The van der Waals surface area contributed by atoms with E-state index in [2.05, 4.69) is 0 Å². The van der Waals surface area contributed by atoms with Gasteiger partial charge in [-0.1, -0.05) is 0 Å². The van der Waals surface area contributed by atoms with Gasteiger partial charge in [-0.25, -0.2) is 0 Å². The molecule has 1 aliphatic heterocycles. The molecule has 3 heteroatoms. The molecule has 2 atom stereocenters. The minimum absolute atomic E-state index is 0.0694. The summed E-state index contributed by atoms with van der Waals surface area (Å²) < 4.78 is 9.91. The Labute approximate surface area is 53.7 Å². The number of rotatable bonds is 2. The Bertz CT molecular complexity index is 96.4. The summed E-state index contributed by atoms with van der Waals surface area (Å²) in [5.74, 6) is 0.505. The number of epoxide rings is 1. The SMILES string of the molecule is CO[C@@H]1O[C@@]1(C)CCl. The van der Waals surface area contributed by atoms with Crippen molar-refractivity contribution in [1.82, 2.24) is 0 Å². The minimum Gasteiger partial charge on any atom is -0.353 e. The molecule has 1 rings (SSSR count). The second-order valence-electron chi connectivity index (χ2n) is 2.13. The summed E-state index contributed by atoms with van der Waals surface area (Å²) in [6, 6.07) is 0. The maximum Gasteiger partial charge on any atom is 0.188 e. The fraction of sp³-hybridized carbons (Fsp3) is 1.00. The van der Waals surface area contributed by atoms with Crippen LogP contribution in [0.25, 0.3) is 0 Å². The molecule has 1 heterocycles. The number of hydrogen-bond donors (Lipinski definition) is 0. The van der Waals surface area contributed by atoms with E-state index in [0.29, 0.717) is 5.88 Å². The van der Waals surface area contributed by atoms with E-state index in [0.717, 1.165) is 0 Å². The van der Waals surface area contributed by atoms with Crippen LogP contribution in [0.15, 0.2) is 0 Å². The molecule has 0 aromatic rings. The van der Waals surface area contributed by atoms with Gasteiger partial charge in [-0.05, 0) is 6.92 Å². The number of ether oxygens (including phenoxy) is 2. The predicted molar refractivity (Wildman–Crippen MR) is 31.0 cm³/mol. The smallest absolute Gasteiger partial charge is 0.188 e. The summed E-state index contributed by atoms with van der Waals surface area (Å²) >= 11 is 5.51. The molecule has 0 unspecified atom stereocenters. The second kappa shape index (κ2) is 1.87. The summed E-state index contributed by atoms with van der Waals surface area (Å²) in [7, 11) is 1.61. The Kier molecular flexibility index (Phi) is 1.48. The molecule has 0 amide bonds. The molecule has 0 bridgehead atoms. The van der Waals surface area contributed by atoms with Crippen molar-refractivity contribution in [1.29, 1.82) is 0 Å². The van der Waals surface area contributed by atoms with Crippen molar-refractivity contribution in [3.63, 3.8) is 0 Å². The summed E-state index contributed by atoms with van der Waals surface area (Å²) in [6.07, 6.45) is -0.0694. The highest BCUT2D eigenvalue weighted by Crippen LogP contribution is 2.36. The van der Waals surface area contributed by atoms with Gasteiger partial charge in [-0.2, -0.15) is 0 Å². The maximum atomic E-state index is 5.51. The average Bonchev–Trinajstić information content (AvgIpc) is 2.44. The first-order valence-corrected chi connectivity index (χ1v) is 3.03. The lowest BCUT2D eigenvalue weighted by atomic mass is 10.2. The maximum absolute atomic E-state index is 5.51. The fourth-order valence-corrected chi connectivity index (χ4v) is 0.791. The van der Waals surface area contributed by atoms with Crippen LogP contribution in [0.4, 0.5) is 0 Å². The van der Waals surface area contributed by atoms with Crippen molar-refractivity contribution in [2.75, 3.05) is 13.0 Å². The number of alkyl halides is 1. The van der Waals surface area contributed by atoms with Crippen LogP contribution < -0.4 is 0 Å². The predicted octanol–water partition coefficient (Wildman–Crippen LogP) is 0.987. The first kappa shape index (κ1) is 6.33. The molecule has 8 heavy (non-hydrogen) atoms. The normalized spacial score (nSPS) is 44.6. The van der Waals surface area contributed by atoms with Crippen LogP contribution in [0.2, 0.25) is 0 Å². The lowest BCUT2D eigenvalue weighted by Crippen LogP contribution is -2.12. The quantitative estimate of drug-likeness (QED) is 0.417. The zero-order valence-electron chi connectivity index (χ0n) is 4.98. The highest BCUT2D eigenvalue weighted by molar-refractivity contribution is 6.18. The van der Waals surface area contributed by atoms with Gasteiger partial charge in [-0.3, -0.25) is 0 Å². The van der Waals surface area contributed by atoms with Crippen molar-refractivity contribution in [2.45, 2.75) is 18.8 Å². The molecule has 2 nitrogen and oxygen atoms in total. The number of halogens is 1. The number of hydrogen-bond acceptors (Lipinski definition) is 2. The molecular weight excluding hydrogens is 128 g/mol. The van der Waals surface area contributed by atoms with E-state index in [4.69, 9.17) is 21.1 Å². The molecule has 1 saturated heterocycles. The second-order valence-corrected chi connectivity index (χ2v) is 2.40. The van der Waals surface area contributed by atoms with Crippen molar-refractivity contribution in [2.24, 2.45) is 0 Å². The molecule has 0 aliphatic carbocycles. The average molecular weight is 137 g/mol. The molecule has 48 valence electrons. The summed E-state index contributed by atoms with van der Waals surface area (Å²) in [5.41, 5.74) is -0.198. The molecule has 0 spiro atoms. The van der Waals surface area contributed by atoms with Crippen molar-refractivity contribution < 1.29 is 9.47 Å². The zero-order chi connectivity index (χ0) is 6.20. The first-order chi connectivity index (χ1) is 3.73. The van der Waals surface area contributed by atoms with Gasteiger partial charge in [0.2, 0.25) is 0 Å². The van der Waals surface area contributed by atoms with Crippen molar-refractivity contribution in [3.8, 4) is 0 Å². The van der Waals surface area contributed by atoms with Crippen LogP contribution in [0.1, 0.15) is 6.92 Å². The topological polar surface area (TPSA) is 21.8 Å². The van der Waals surface area contributed by atoms with Crippen LogP contribution >= 0.6 is 11.6 Å². The lowest BCUT2D eigenvalue weighted by Gasteiger charge is -1.94. The zero-order valence-corrected chi connectivity index (χ0v) is 5.73. The fourth-order valence-electron chi connectivity index (χ4n) is 0.602. The van der Waals surface area contributed by atoms with Crippen LogP contribution in [0.5, 0.6) is 0 Å². The molecular formula is C5H9ClO2. The lowest BCUT2D eigenvalue weighted by molar-refractivity contribution is 0.0950. The van der Waals surface area contributed by atoms with Crippen molar-refractivity contribution >= 4 is 11.6 Å². The van der Waals surface area contributed by atoms with E-state index < -0.39 is 0 Å². The van der Waals surface area contributed by atoms with E-state index in [1.807, 2.05) is 6.92 Å².